The Balaban J connectivity index is 0. The van der Waals surface area contributed by atoms with Crippen molar-refractivity contribution < 1.29 is 14.4 Å². The predicted molar refractivity (Wildman–Crippen MR) is 42.8 cm³/mol. The fraction of sp³-hybridized carbons (Fsp3) is 0.833. The SMILES string of the molecule is C[N+](C)(C)C.O=C([O-])CS. The van der Waals surface area contributed by atoms with Crippen LogP contribution in [0.3, 0.4) is 0 Å². The molecular formula is C6H15NO2S. The number of aliphatic carboxylic acids is 1. The molecule has 0 heterocycles. The molecule has 0 fully saturated rings. The van der Waals surface area contributed by atoms with Gasteiger partial charge in [-0.25, -0.2) is 0 Å². The van der Waals surface area contributed by atoms with Gasteiger partial charge >= 0.3 is 0 Å². The molecule has 0 aromatic rings. The minimum atomic E-state index is -1.13. The predicted octanol–water partition coefficient (Wildman–Crippen LogP) is -1.01. The zero-order chi connectivity index (χ0) is 8.78. The van der Waals surface area contributed by atoms with Crippen LogP contribution in [0.1, 0.15) is 0 Å². The summed E-state index contributed by atoms with van der Waals surface area (Å²) in [7, 11) is 8.50. The van der Waals surface area contributed by atoms with Gasteiger partial charge in [0.05, 0.1) is 34.2 Å². The molecule has 0 unspecified atom stereocenters. The van der Waals surface area contributed by atoms with Gasteiger partial charge in [0.1, 0.15) is 0 Å². The fourth-order valence-corrected chi connectivity index (χ4v) is 0. The minimum absolute atomic E-state index is 0.194. The summed E-state index contributed by atoms with van der Waals surface area (Å²) in [5.74, 6) is -1.33. The molecule has 0 bridgehead atoms. The first kappa shape index (κ1) is 12.5. The lowest BCUT2D eigenvalue weighted by Crippen LogP contribution is -2.27. The van der Waals surface area contributed by atoms with Crippen molar-refractivity contribution in [2.24, 2.45) is 0 Å². The van der Waals surface area contributed by atoms with Gasteiger partial charge in [-0.05, 0) is 0 Å². The standard InChI is InChI=1S/C4H12N.C2H4O2S/c1-5(2,3)4;3-2(4)1-5/h1-4H3;5H,1H2,(H,3,4)/q+1;/p-1. The molecule has 3 nitrogen and oxygen atoms in total. The first-order valence-corrected chi connectivity index (χ1v) is 3.50. The quantitative estimate of drug-likeness (QED) is 0.399. The number of carboxylic acids is 1. The van der Waals surface area contributed by atoms with Gasteiger partial charge in [0.15, 0.2) is 0 Å². The fourth-order valence-electron chi connectivity index (χ4n) is 0. The lowest BCUT2D eigenvalue weighted by atomic mass is 10.8. The van der Waals surface area contributed by atoms with Crippen LogP contribution in [0, 0.1) is 0 Å². The Kier molecular flexibility index (Phi) is 6.92. The van der Waals surface area contributed by atoms with Gasteiger partial charge in [-0.3, -0.25) is 0 Å². The Morgan fingerprint density at radius 1 is 1.40 bits per heavy atom. The number of hydrogen-bond acceptors (Lipinski definition) is 3. The smallest absolute Gasteiger partial charge is 0.0675 e. The maximum absolute atomic E-state index is 9.18. The number of thiol groups is 1. The molecule has 0 aromatic heterocycles. The summed E-state index contributed by atoms with van der Waals surface area (Å²) in [5.41, 5.74) is 0. The maximum Gasteiger partial charge on any atom is 0.0675 e. The molecule has 0 aliphatic carbocycles. The second-order valence-electron chi connectivity index (χ2n) is 3.21. The van der Waals surface area contributed by atoms with Crippen molar-refractivity contribution in [3.05, 3.63) is 0 Å². The van der Waals surface area contributed by atoms with E-state index in [1.807, 2.05) is 0 Å². The van der Waals surface area contributed by atoms with Crippen LogP contribution in [0.4, 0.5) is 0 Å². The summed E-state index contributed by atoms with van der Waals surface area (Å²) in [4.78, 5) is 9.18. The number of quaternary nitrogens is 1. The van der Waals surface area contributed by atoms with E-state index in [4.69, 9.17) is 0 Å². The van der Waals surface area contributed by atoms with Gasteiger partial charge in [0, 0.05) is 5.75 Å². The molecule has 0 aliphatic rings. The summed E-state index contributed by atoms with van der Waals surface area (Å²) >= 11 is 3.35. The Bertz CT molecular complexity index is 92.4. The average molecular weight is 165 g/mol. The highest BCUT2D eigenvalue weighted by Gasteiger charge is 1.88. The number of carbonyl (C=O) groups is 1. The Morgan fingerprint density at radius 3 is 1.50 bits per heavy atom. The molecule has 4 heteroatoms. The molecule has 0 N–H and O–H groups in total. The van der Waals surface area contributed by atoms with Crippen LogP contribution in [0.25, 0.3) is 0 Å². The molecule has 0 aliphatic heterocycles. The summed E-state index contributed by atoms with van der Waals surface area (Å²) in [6.45, 7) is 0. The number of carbonyl (C=O) groups excluding carboxylic acids is 1. The lowest BCUT2D eigenvalue weighted by Gasteiger charge is -2.14. The van der Waals surface area contributed by atoms with Crippen molar-refractivity contribution >= 4 is 18.6 Å². The second kappa shape index (κ2) is 5.56. The van der Waals surface area contributed by atoms with E-state index >= 15 is 0 Å². The van der Waals surface area contributed by atoms with Crippen LogP contribution >= 0.6 is 12.6 Å². The van der Waals surface area contributed by atoms with E-state index in [1.165, 1.54) is 0 Å². The van der Waals surface area contributed by atoms with Crippen molar-refractivity contribution in [3.8, 4) is 0 Å². The zero-order valence-electron chi connectivity index (χ0n) is 6.92. The molecule has 0 rings (SSSR count). The molecular weight excluding hydrogens is 150 g/mol. The zero-order valence-corrected chi connectivity index (χ0v) is 7.81. The van der Waals surface area contributed by atoms with Gasteiger partial charge in [0.2, 0.25) is 0 Å². The maximum atomic E-state index is 9.18. The van der Waals surface area contributed by atoms with Crippen LogP contribution in [0.2, 0.25) is 0 Å². The highest BCUT2D eigenvalue weighted by atomic mass is 32.1. The Hall–Kier alpha value is -0.220. The molecule has 0 aromatic carbocycles. The molecule has 0 atom stereocenters. The van der Waals surface area contributed by atoms with Crippen LogP contribution < -0.4 is 5.11 Å². The molecule has 10 heavy (non-hydrogen) atoms. The van der Waals surface area contributed by atoms with Crippen molar-refractivity contribution in [2.45, 2.75) is 0 Å². The summed E-state index contributed by atoms with van der Waals surface area (Å²) in [5, 5.41) is 9.18. The topological polar surface area (TPSA) is 40.1 Å². The van der Waals surface area contributed by atoms with Crippen LogP contribution in [-0.2, 0) is 4.79 Å². The van der Waals surface area contributed by atoms with Crippen LogP contribution in [0.5, 0.6) is 0 Å². The van der Waals surface area contributed by atoms with E-state index in [0.717, 1.165) is 4.48 Å². The van der Waals surface area contributed by atoms with Gasteiger partial charge in [-0.2, -0.15) is 12.6 Å². The monoisotopic (exact) mass is 165 g/mol. The van der Waals surface area contributed by atoms with E-state index in [9.17, 15) is 9.90 Å². The van der Waals surface area contributed by atoms with E-state index < -0.39 is 5.97 Å². The number of rotatable bonds is 1. The van der Waals surface area contributed by atoms with E-state index in [0.29, 0.717) is 0 Å². The highest BCUT2D eigenvalue weighted by Crippen LogP contribution is 1.73. The van der Waals surface area contributed by atoms with Crippen LogP contribution in [-0.4, -0.2) is 44.4 Å². The van der Waals surface area contributed by atoms with E-state index in [1.54, 1.807) is 0 Å². The van der Waals surface area contributed by atoms with Gasteiger partial charge in [-0.1, -0.05) is 0 Å². The third-order valence-corrected chi connectivity index (χ3v) is 0.387. The Labute approximate surface area is 67.7 Å². The van der Waals surface area contributed by atoms with Crippen molar-refractivity contribution in [2.75, 3.05) is 33.9 Å². The number of carboxylic acid groups (broad SMARTS) is 1. The molecule has 0 spiro atoms. The molecule has 62 valence electrons. The number of hydrogen-bond donors (Lipinski definition) is 1. The van der Waals surface area contributed by atoms with E-state index in [2.05, 4.69) is 40.8 Å². The third-order valence-electron chi connectivity index (χ3n) is 0.129. The average Bonchev–Trinajstić information content (AvgIpc) is 1.61. The largest absolute Gasteiger partial charge is 0.549 e. The minimum Gasteiger partial charge on any atom is -0.549 e. The molecule has 0 saturated heterocycles. The first-order valence-electron chi connectivity index (χ1n) is 2.87. The molecule has 0 radical (unpaired) electrons. The Morgan fingerprint density at radius 2 is 1.50 bits per heavy atom. The van der Waals surface area contributed by atoms with E-state index in [-0.39, 0.29) is 5.75 Å². The highest BCUT2D eigenvalue weighted by molar-refractivity contribution is 7.81. The normalized spacial score (nSPS) is 9.70. The van der Waals surface area contributed by atoms with Gasteiger partial charge < -0.3 is 14.4 Å². The number of nitrogens with zero attached hydrogens (tertiary/aromatic N) is 1. The first-order chi connectivity index (χ1) is 4.27. The molecule has 0 amide bonds. The van der Waals surface area contributed by atoms with Gasteiger partial charge in [-0.15, -0.1) is 0 Å². The van der Waals surface area contributed by atoms with Crippen molar-refractivity contribution in [1.29, 1.82) is 0 Å². The third kappa shape index (κ3) is 113. The summed E-state index contributed by atoms with van der Waals surface area (Å²) in [6, 6.07) is 0. The second-order valence-corrected chi connectivity index (χ2v) is 3.53. The van der Waals surface area contributed by atoms with Crippen molar-refractivity contribution in [1.82, 2.24) is 0 Å². The molecule has 0 saturated carbocycles. The van der Waals surface area contributed by atoms with Gasteiger partial charge in [0.25, 0.3) is 0 Å². The van der Waals surface area contributed by atoms with Crippen molar-refractivity contribution in [3.63, 3.8) is 0 Å². The summed E-state index contributed by atoms with van der Waals surface area (Å²) in [6.07, 6.45) is 0. The lowest BCUT2D eigenvalue weighted by molar-refractivity contribution is -0.849. The summed E-state index contributed by atoms with van der Waals surface area (Å²) < 4.78 is 1.00. The van der Waals surface area contributed by atoms with Crippen LogP contribution in [0.15, 0.2) is 0 Å².